The van der Waals surface area contributed by atoms with Crippen LogP contribution in [0.25, 0.3) is 11.0 Å². The minimum Gasteiger partial charge on any atom is -0.394 e. The molecule has 1 saturated heterocycles. The number of carbonyl (C=O) groups is 1. The van der Waals surface area contributed by atoms with Crippen LogP contribution < -0.4 is 17.0 Å². The number of amides is 1. The second-order valence-electron chi connectivity index (χ2n) is 5.19. The van der Waals surface area contributed by atoms with Gasteiger partial charge in [-0.3, -0.25) is 14.6 Å². The van der Waals surface area contributed by atoms with E-state index in [1.807, 2.05) is 0 Å². The van der Waals surface area contributed by atoms with E-state index in [4.69, 9.17) is 21.3 Å². The minimum absolute atomic E-state index is 0.0325. The Balaban J connectivity index is 2.23. The van der Waals surface area contributed by atoms with Gasteiger partial charge in [0.15, 0.2) is 11.9 Å². The molecule has 1 unspecified atom stereocenters. The standard InChI is InChI=1S/C12H15N5O6/c13-8(21)3-1-17(9-5(3)10(22)16-12(14)15-9)11-7(20)6(19)4(2-18)23-11/h1,4,6-7,11,18-20H,2H2,(H2,13,21)(H3,14,15,16,22)/t4-,6+,7?,11-/m1/s1. The fourth-order valence-electron chi connectivity index (χ4n) is 2.66. The van der Waals surface area contributed by atoms with Crippen LogP contribution in [0.3, 0.4) is 0 Å². The molecule has 0 aliphatic carbocycles. The van der Waals surface area contributed by atoms with Gasteiger partial charge in [0.2, 0.25) is 5.95 Å². The first-order valence-corrected chi connectivity index (χ1v) is 6.67. The van der Waals surface area contributed by atoms with Crippen molar-refractivity contribution in [2.24, 2.45) is 5.73 Å². The summed E-state index contributed by atoms with van der Waals surface area (Å²) < 4.78 is 6.55. The van der Waals surface area contributed by atoms with Gasteiger partial charge in [-0.2, -0.15) is 4.98 Å². The number of rotatable bonds is 3. The average Bonchev–Trinajstić information content (AvgIpc) is 2.99. The molecule has 4 atom stereocenters. The highest BCUT2D eigenvalue weighted by Gasteiger charge is 2.44. The SMILES string of the molecule is NC(=O)c1cn([C@@H]2O[C@H](CO)[C@H](O)C2O)c2nc(N)[nH]c(=O)c12. The third kappa shape index (κ3) is 2.26. The summed E-state index contributed by atoms with van der Waals surface area (Å²) in [5, 5.41) is 29.0. The predicted molar refractivity (Wildman–Crippen MR) is 76.3 cm³/mol. The summed E-state index contributed by atoms with van der Waals surface area (Å²) in [6.45, 7) is -0.521. The van der Waals surface area contributed by atoms with Crippen molar-refractivity contribution in [1.29, 1.82) is 0 Å². The van der Waals surface area contributed by atoms with Gasteiger partial charge in [0.1, 0.15) is 18.3 Å². The lowest BCUT2D eigenvalue weighted by atomic mass is 10.1. The van der Waals surface area contributed by atoms with Crippen LogP contribution in [0.15, 0.2) is 11.0 Å². The second-order valence-corrected chi connectivity index (χ2v) is 5.19. The molecular formula is C12H15N5O6. The lowest BCUT2D eigenvalue weighted by Gasteiger charge is -2.17. The van der Waals surface area contributed by atoms with Crippen LogP contribution in [0.1, 0.15) is 16.6 Å². The van der Waals surface area contributed by atoms with Gasteiger partial charge in [-0.15, -0.1) is 0 Å². The molecule has 2 aromatic rings. The summed E-state index contributed by atoms with van der Waals surface area (Å²) in [5.41, 5.74) is 9.92. The van der Waals surface area contributed by atoms with E-state index in [1.165, 1.54) is 10.8 Å². The summed E-state index contributed by atoms with van der Waals surface area (Å²) in [6.07, 6.45) is -3.77. The molecule has 0 bridgehead atoms. The van der Waals surface area contributed by atoms with E-state index >= 15 is 0 Å². The number of nitrogens with one attached hydrogen (secondary N) is 1. The van der Waals surface area contributed by atoms with E-state index in [-0.39, 0.29) is 22.5 Å². The number of anilines is 1. The van der Waals surface area contributed by atoms with Crippen LogP contribution in [0.4, 0.5) is 5.95 Å². The zero-order valence-corrected chi connectivity index (χ0v) is 11.7. The van der Waals surface area contributed by atoms with E-state index in [0.29, 0.717) is 0 Å². The first-order valence-electron chi connectivity index (χ1n) is 6.67. The van der Waals surface area contributed by atoms with Crippen molar-refractivity contribution in [2.75, 3.05) is 12.3 Å². The van der Waals surface area contributed by atoms with E-state index in [9.17, 15) is 19.8 Å². The molecule has 1 aliphatic rings. The first kappa shape index (κ1) is 15.4. The molecule has 2 aromatic heterocycles. The number of aliphatic hydroxyl groups excluding tert-OH is 3. The molecule has 1 aliphatic heterocycles. The topological polar surface area (TPSA) is 190 Å². The molecule has 124 valence electrons. The number of ether oxygens (including phenoxy) is 1. The first-order chi connectivity index (χ1) is 10.8. The number of carbonyl (C=O) groups excluding carboxylic acids is 1. The Kier molecular flexibility index (Phi) is 3.56. The number of H-pyrrole nitrogens is 1. The van der Waals surface area contributed by atoms with Gasteiger partial charge >= 0.3 is 0 Å². The molecule has 0 radical (unpaired) electrons. The fraction of sp³-hybridized carbons (Fsp3) is 0.417. The maximum Gasteiger partial charge on any atom is 0.262 e. The predicted octanol–water partition coefficient (Wildman–Crippen LogP) is -2.98. The third-order valence-electron chi connectivity index (χ3n) is 3.76. The number of aromatic amines is 1. The summed E-state index contributed by atoms with van der Waals surface area (Å²) >= 11 is 0. The summed E-state index contributed by atoms with van der Waals surface area (Å²) in [5.74, 6) is -1.08. The van der Waals surface area contributed by atoms with Gasteiger partial charge in [-0.05, 0) is 0 Å². The van der Waals surface area contributed by atoms with E-state index in [2.05, 4.69) is 9.97 Å². The van der Waals surface area contributed by atoms with Crippen molar-refractivity contribution >= 4 is 22.9 Å². The van der Waals surface area contributed by atoms with Crippen molar-refractivity contribution in [3.63, 3.8) is 0 Å². The highest BCUT2D eigenvalue weighted by molar-refractivity contribution is 6.05. The Morgan fingerprint density at radius 3 is 2.70 bits per heavy atom. The van der Waals surface area contributed by atoms with Crippen molar-refractivity contribution in [3.05, 3.63) is 22.1 Å². The van der Waals surface area contributed by atoms with Crippen LogP contribution in [0, 0.1) is 0 Å². The minimum atomic E-state index is -1.41. The van der Waals surface area contributed by atoms with Crippen molar-refractivity contribution in [1.82, 2.24) is 14.5 Å². The molecule has 11 heteroatoms. The number of aliphatic hydroxyl groups is 3. The van der Waals surface area contributed by atoms with Gasteiger partial charge < -0.3 is 36.1 Å². The Morgan fingerprint density at radius 2 is 2.13 bits per heavy atom. The van der Waals surface area contributed by atoms with Crippen molar-refractivity contribution < 1.29 is 24.9 Å². The number of nitrogens with zero attached hydrogens (tertiary/aromatic N) is 2. The number of hydrogen-bond acceptors (Lipinski definition) is 8. The quantitative estimate of drug-likeness (QED) is 0.344. The van der Waals surface area contributed by atoms with Crippen LogP contribution in [0.2, 0.25) is 0 Å². The van der Waals surface area contributed by atoms with Gasteiger partial charge in [0, 0.05) is 6.20 Å². The number of hydrogen-bond donors (Lipinski definition) is 6. The number of fused-ring (bicyclic) bond motifs is 1. The number of nitrogen functional groups attached to an aromatic ring is 1. The number of primary amides is 1. The normalized spacial score (nSPS) is 27.6. The molecule has 3 rings (SSSR count). The zero-order chi connectivity index (χ0) is 16.9. The van der Waals surface area contributed by atoms with Crippen molar-refractivity contribution in [2.45, 2.75) is 24.5 Å². The Morgan fingerprint density at radius 1 is 1.43 bits per heavy atom. The molecule has 0 aromatic carbocycles. The molecule has 3 heterocycles. The maximum atomic E-state index is 12.0. The van der Waals surface area contributed by atoms with Gasteiger partial charge in [0.05, 0.1) is 17.6 Å². The van der Waals surface area contributed by atoms with Crippen LogP contribution >= 0.6 is 0 Å². The van der Waals surface area contributed by atoms with Crippen LogP contribution in [0.5, 0.6) is 0 Å². The summed E-state index contributed by atoms with van der Waals surface area (Å²) in [7, 11) is 0. The molecule has 1 amide bonds. The molecule has 0 saturated carbocycles. The Bertz CT molecular complexity index is 829. The van der Waals surface area contributed by atoms with E-state index < -0.39 is 42.6 Å². The highest BCUT2D eigenvalue weighted by Crippen LogP contribution is 2.32. The van der Waals surface area contributed by atoms with Gasteiger partial charge in [-0.25, -0.2) is 0 Å². The smallest absolute Gasteiger partial charge is 0.262 e. The molecule has 8 N–H and O–H groups in total. The van der Waals surface area contributed by atoms with Gasteiger partial charge in [-0.1, -0.05) is 0 Å². The molecular weight excluding hydrogens is 310 g/mol. The van der Waals surface area contributed by atoms with Crippen molar-refractivity contribution in [3.8, 4) is 0 Å². The monoisotopic (exact) mass is 325 g/mol. The zero-order valence-electron chi connectivity index (χ0n) is 11.7. The van der Waals surface area contributed by atoms with Gasteiger partial charge in [0.25, 0.3) is 11.5 Å². The largest absolute Gasteiger partial charge is 0.394 e. The number of nitrogens with two attached hydrogens (primary N) is 2. The maximum absolute atomic E-state index is 12.0. The summed E-state index contributed by atoms with van der Waals surface area (Å²) in [4.78, 5) is 29.8. The number of aromatic nitrogens is 3. The molecule has 1 fully saturated rings. The lowest BCUT2D eigenvalue weighted by molar-refractivity contribution is -0.0508. The fourth-order valence-corrected chi connectivity index (χ4v) is 2.66. The molecule has 11 nitrogen and oxygen atoms in total. The van der Waals surface area contributed by atoms with Crippen LogP contribution in [-0.4, -0.2) is 60.7 Å². The van der Waals surface area contributed by atoms with E-state index in [1.54, 1.807) is 0 Å². The molecule has 0 spiro atoms. The van der Waals surface area contributed by atoms with Crippen LogP contribution in [-0.2, 0) is 4.74 Å². The lowest BCUT2D eigenvalue weighted by Crippen LogP contribution is -2.33. The van der Waals surface area contributed by atoms with E-state index in [0.717, 1.165) is 0 Å². The second kappa shape index (κ2) is 5.31. The third-order valence-corrected chi connectivity index (χ3v) is 3.76. The Labute approximate surface area is 128 Å². The average molecular weight is 325 g/mol. The highest BCUT2D eigenvalue weighted by atomic mass is 16.6. The summed E-state index contributed by atoms with van der Waals surface area (Å²) in [6, 6.07) is 0. The molecule has 23 heavy (non-hydrogen) atoms. The Hall–Kier alpha value is -2.47.